The highest BCUT2D eigenvalue weighted by Crippen LogP contribution is 2.61. The van der Waals surface area contributed by atoms with Crippen LogP contribution >= 0.6 is 0 Å². The van der Waals surface area contributed by atoms with Crippen LogP contribution in [0.25, 0.3) is 0 Å². The fourth-order valence-corrected chi connectivity index (χ4v) is 4.13. The minimum absolute atomic E-state index is 0.0975. The molecule has 94 valence electrons. The van der Waals surface area contributed by atoms with Gasteiger partial charge in [0.05, 0.1) is 6.61 Å². The van der Waals surface area contributed by atoms with Crippen molar-refractivity contribution >= 4 is 5.69 Å². The minimum Gasteiger partial charge on any atom is -0.357 e. The van der Waals surface area contributed by atoms with E-state index >= 15 is 0 Å². The zero-order chi connectivity index (χ0) is 12.4. The molecule has 1 saturated heterocycles. The van der Waals surface area contributed by atoms with E-state index < -0.39 is 0 Å². The van der Waals surface area contributed by atoms with Gasteiger partial charge in [0.15, 0.2) is 0 Å². The maximum Gasteiger partial charge on any atom is 0.149 e. The van der Waals surface area contributed by atoms with Gasteiger partial charge in [0.25, 0.3) is 0 Å². The number of benzene rings is 1. The lowest BCUT2D eigenvalue weighted by molar-refractivity contribution is -0.0707. The number of hydrogen-bond acceptors (Lipinski definition) is 2. The van der Waals surface area contributed by atoms with Crippen molar-refractivity contribution in [3.8, 4) is 0 Å². The average molecular weight is 245 g/mol. The SMILES string of the molecule is C=C1CO[C@@]23CCC[C@]2(C1)c1cc(F)ccc1N3. The third-order valence-electron chi connectivity index (χ3n) is 4.81. The molecule has 1 aromatic rings. The predicted octanol–water partition coefficient (Wildman–Crippen LogP) is 3.35. The molecule has 3 aliphatic rings. The number of anilines is 1. The number of nitrogens with one attached hydrogen (secondary N) is 1. The summed E-state index contributed by atoms with van der Waals surface area (Å²) in [6.07, 6.45) is 4.08. The first-order chi connectivity index (χ1) is 8.65. The first-order valence-electron chi connectivity index (χ1n) is 6.54. The van der Waals surface area contributed by atoms with Crippen molar-refractivity contribution in [2.75, 3.05) is 11.9 Å². The molecule has 2 heterocycles. The topological polar surface area (TPSA) is 21.3 Å². The van der Waals surface area contributed by atoms with Gasteiger partial charge in [-0.2, -0.15) is 0 Å². The van der Waals surface area contributed by atoms with E-state index in [2.05, 4.69) is 11.9 Å². The smallest absolute Gasteiger partial charge is 0.149 e. The van der Waals surface area contributed by atoms with E-state index in [9.17, 15) is 4.39 Å². The summed E-state index contributed by atoms with van der Waals surface area (Å²) in [5.74, 6) is -0.163. The third kappa shape index (κ3) is 1.06. The average Bonchev–Trinajstić information content (AvgIpc) is 2.81. The lowest BCUT2D eigenvalue weighted by Crippen LogP contribution is -2.54. The van der Waals surface area contributed by atoms with Gasteiger partial charge in [-0.1, -0.05) is 12.2 Å². The molecule has 0 amide bonds. The van der Waals surface area contributed by atoms with Crippen molar-refractivity contribution in [1.29, 1.82) is 0 Å². The zero-order valence-electron chi connectivity index (χ0n) is 10.3. The summed E-state index contributed by atoms with van der Waals surface area (Å²) in [6, 6.07) is 5.03. The lowest BCUT2D eigenvalue weighted by Gasteiger charge is -2.45. The molecule has 0 radical (unpaired) electrons. The summed E-state index contributed by atoms with van der Waals surface area (Å²) in [6.45, 7) is 4.69. The van der Waals surface area contributed by atoms with Crippen LogP contribution < -0.4 is 5.32 Å². The van der Waals surface area contributed by atoms with Crippen molar-refractivity contribution in [2.45, 2.75) is 36.8 Å². The summed E-state index contributed by atoms with van der Waals surface area (Å²) < 4.78 is 19.7. The summed E-state index contributed by atoms with van der Waals surface area (Å²) in [4.78, 5) is 0. The Morgan fingerprint density at radius 2 is 2.22 bits per heavy atom. The van der Waals surface area contributed by atoms with Crippen LogP contribution in [0.1, 0.15) is 31.2 Å². The third-order valence-corrected chi connectivity index (χ3v) is 4.81. The van der Waals surface area contributed by atoms with Crippen LogP contribution in [0.3, 0.4) is 0 Å². The van der Waals surface area contributed by atoms with Crippen LogP contribution in [-0.4, -0.2) is 12.3 Å². The Hall–Kier alpha value is -1.35. The van der Waals surface area contributed by atoms with E-state index in [4.69, 9.17) is 4.74 Å². The van der Waals surface area contributed by atoms with Gasteiger partial charge in [-0.15, -0.1) is 0 Å². The highest BCUT2D eigenvalue weighted by Gasteiger charge is 2.63. The zero-order valence-corrected chi connectivity index (χ0v) is 10.3. The van der Waals surface area contributed by atoms with Gasteiger partial charge in [0, 0.05) is 11.1 Å². The molecule has 18 heavy (non-hydrogen) atoms. The maximum atomic E-state index is 13.6. The van der Waals surface area contributed by atoms with E-state index in [0.717, 1.165) is 42.5 Å². The first kappa shape index (κ1) is 10.6. The van der Waals surface area contributed by atoms with Crippen LogP contribution in [0.15, 0.2) is 30.4 Å². The largest absolute Gasteiger partial charge is 0.357 e. The molecular formula is C15H16FNO. The summed E-state index contributed by atoms with van der Waals surface area (Å²) in [5, 5.41) is 3.52. The fraction of sp³-hybridized carbons (Fsp3) is 0.467. The molecule has 0 spiro atoms. The second-order valence-corrected chi connectivity index (χ2v) is 5.79. The molecule has 4 rings (SSSR count). The van der Waals surface area contributed by atoms with Crippen LogP contribution in [-0.2, 0) is 10.2 Å². The van der Waals surface area contributed by atoms with Gasteiger partial charge >= 0.3 is 0 Å². The predicted molar refractivity (Wildman–Crippen MR) is 68.0 cm³/mol. The molecule has 0 aromatic heterocycles. The maximum absolute atomic E-state index is 13.6. The Bertz CT molecular complexity index is 555. The molecule has 2 fully saturated rings. The molecule has 0 unspecified atom stereocenters. The van der Waals surface area contributed by atoms with Gasteiger partial charge in [0.2, 0.25) is 0 Å². The van der Waals surface area contributed by atoms with Crippen molar-refractivity contribution in [1.82, 2.24) is 0 Å². The first-order valence-corrected chi connectivity index (χ1v) is 6.54. The number of ether oxygens (including phenoxy) is 1. The molecule has 1 saturated carbocycles. The van der Waals surface area contributed by atoms with E-state index in [1.807, 2.05) is 6.07 Å². The fourth-order valence-electron chi connectivity index (χ4n) is 4.13. The Kier molecular flexibility index (Phi) is 1.85. The van der Waals surface area contributed by atoms with Crippen LogP contribution in [0, 0.1) is 5.82 Å². The van der Waals surface area contributed by atoms with Gasteiger partial charge < -0.3 is 10.1 Å². The normalized spacial score (nSPS) is 36.8. The van der Waals surface area contributed by atoms with Gasteiger partial charge in [-0.25, -0.2) is 4.39 Å². The standard InChI is InChI=1S/C15H16FNO/c1-10-8-14-5-2-6-15(14,18-9-10)17-13-4-3-11(16)7-12(13)14/h3-4,7,17H,1-2,5-6,8-9H2/t14-,15-/m0/s1. The molecule has 2 nitrogen and oxygen atoms in total. The molecular weight excluding hydrogens is 229 g/mol. The molecule has 2 aliphatic heterocycles. The Balaban J connectivity index is 1.95. The highest BCUT2D eigenvalue weighted by molar-refractivity contribution is 5.65. The molecule has 2 atom stereocenters. The van der Waals surface area contributed by atoms with Gasteiger partial charge in [-0.3, -0.25) is 0 Å². The van der Waals surface area contributed by atoms with Crippen LogP contribution in [0.2, 0.25) is 0 Å². The number of rotatable bonds is 0. The van der Waals surface area contributed by atoms with Crippen LogP contribution in [0.5, 0.6) is 0 Å². The highest BCUT2D eigenvalue weighted by atomic mass is 19.1. The second kappa shape index (κ2) is 3.15. The number of fused-ring (bicyclic) bond motifs is 1. The van der Waals surface area contributed by atoms with E-state index in [0.29, 0.717) is 6.61 Å². The van der Waals surface area contributed by atoms with E-state index in [1.165, 1.54) is 6.07 Å². The number of halogens is 1. The summed E-state index contributed by atoms with van der Waals surface area (Å²) in [5.41, 5.74) is 2.82. The van der Waals surface area contributed by atoms with Crippen LogP contribution in [0.4, 0.5) is 10.1 Å². The molecule has 3 heteroatoms. The Morgan fingerprint density at radius 1 is 1.33 bits per heavy atom. The molecule has 0 bridgehead atoms. The Labute approximate surface area is 106 Å². The molecule has 1 aromatic carbocycles. The quantitative estimate of drug-likeness (QED) is 0.708. The summed E-state index contributed by atoms with van der Waals surface area (Å²) >= 11 is 0. The lowest BCUT2D eigenvalue weighted by atomic mass is 9.70. The Morgan fingerprint density at radius 3 is 3.11 bits per heavy atom. The second-order valence-electron chi connectivity index (χ2n) is 5.79. The van der Waals surface area contributed by atoms with Crippen molar-refractivity contribution < 1.29 is 9.13 Å². The monoisotopic (exact) mass is 245 g/mol. The van der Waals surface area contributed by atoms with Crippen molar-refractivity contribution in [3.63, 3.8) is 0 Å². The molecule has 1 aliphatic carbocycles. The summed E-state index contributed by atoms with van der Waals surface area (Å²) in [7, 11) is 0. The van der Waals surface area contributed by atoms with Crippen molar-refractivity contribution in [3.05, 3.63) is 41.7 Å². The van der Waals surface area contributed by atoms with E-state index in [1.54, 1.807) is 6.07 Å². The number of hydrogen-bond donors (Lipinski definition) is 1. The van der Waals surface area contributed by atoms with Gasteiger partial charge in [-0.05, 0) is 49.4 Å². The van der Waals surface area contributed by atoms with Gasteiger partial charge in [0.1, 0.15) is 11.5 Å². The molecule has 1 N–H and O–H groups in total. The van der Waals surface area contributed by atoms with E-state index in [-0.39, 0.29) is 17.0 Å². The minimum atomic E-state index is -0.315. The van der Waals surface area contributed by atoms with Crippen molar-refractivity contribution in [2.24, 2.45) is 0 Å².